The lowest BCUT2D eigenvalue weighted by atomic mass is 9.65. The van der Waals surface area contributed by atoms with Gasteiger partial charge in [-0.1, -0.05) is 37.6 Å². The van der Waals surface area contributed by atoms with Crippen LogP contribution in [-0.4, -0.2) is 11.6 Å². The van der Waals surface area contributed by atoms with E-state index in [9.17, 15) is 5.26 Å². The normalized spacial score (nSPS) is 14.7. The number of hydrogen-bond donors (Lipinski definition) is 0. The Bertz CT molecular complexity index is 1080. The second-order valence-corrected chi connectivity index (χ2v) is 8.10. The SMILES string of the molecule is CCCCOc1c(C)c(COc2cccc(C3(C#N)CCC3)c2)nc2ccccc12. The molecule has 0 amide bonds. The third kappa shape index (κ3) is 3.85. The molecule has 0 bridgehead atoms. The Morgan fingerprint density at radius 3 is 2.67 bits per heavy atom. The number of pyridine rings is 1. The van der Waals surface area contributed by atoms with Crippen molar-refractivity contribution in [3.8, 4) is 17.6 Å². The predicted molar refractivity (Wildman–Crippen MR) is 119 cm³/mol. The maximum absolute atomic E-state index is 9.63. The van der Waals surface area contributed by atoms with Crippen molar-refractivity contribution in [2.24, 2.45) is 0 Å². The highest BCUT2D eigenvalue weighted by Crippen LogP contribution is 2.44. The van der Waals surface area contributed by atoms with Crippen LogP contribution in [0.15, 0.2) is 48.5 Å². The largest absolute Gasteiger partial charge is 0.493 e. The van der Waals surface area contributed by atoms with E-state index in [0.29, 0.717) is 13.2 Å². The molecule has 2 aromatic carbocycles. The molecule has 4 rings (SSSR count). The van der Waals surface area contributed by atoms with Gasteiger partial charge in [-0.2, -0.15) is 5.26 Å². The van der Waals surface area contributed by atoms with Crippen LogP contribution in [-0.2, 0) is 12.0 Å². The Balaban J connectivity index is 1.59. The average molecular weight is 401 g/mol. The van der Waals surface area contributed by atoms with Crippen LogP contribution in [0.2, 0.25) is 0 Å². The first-order valence-corrected chi connectivity index (χ1v) is 10.8. The van der Waals surface area contributed by atoms with Crippen LogP contribution in [0.25, 0.3) is 10.9 Å². The van der Waals surface area contributed by atoms with Gasteiger partial charge in [0.25, 0.3) is 0 Å². The van der Waals surface area contributed by atoms with Gasteiger partial charge in [0.05, 0.1) is 29.3 Å². The zero-order valence-corrected chi connectivity index (χ0v) is 17.8. The van der Waals surface area contributed by atoms with Crippen molar-refractivity contribution in [1.29, 1.82) is 5.26 Å². The number of nitrogens with zero attached hydrogens (tertiary/aromatic N) is 2. The molecule has 3 aromatic rings. The lowest BCUT2D eigenvalue weighted by Crippen LogP contribution is -2.32. The Hall–Kier alpha value is -3.06. The van der Waals surface area contributed by atoms with Crippen LogP contribution in [0.4, 0.5) is 0 Å². The fraction of sp³-hybridized carbons (Fsp3) is 0.385. The number of benzene rings is 2. The quantitative estimate of drug-likeness (QED) is 0.420. The van der Waals surface area contributed by atoms with Crippen LogP contribution in [0.5, 0.6) is 11.5 Å². The first-order valence-electron chi connectivity index (χ1n) is 10.8. The lowest BCUT2D eigenvalue weighted by Gasteiger charge is -2.35. The van der Waals surface area contributed by atoms with E-state index in [-0.39, 0.29) is 5.41 Å². The molecule has 1 fully saturated rings. The summed E-state index contributed by atoms with van der Waals surface area (Å²) in [5.74, 6) is 1.68. The molecule has 1 heterocycles. The zero-order valence-electron chi connectivity index (χ0n) is 17.8. The van der Waals surface area contributed by atoms with Gasteiger partial charge < -0.3 is 9.47 Å². The minimum absolute atomic E-state index is 0.337. The molecule has 4 nitrogen and oxygen atoms in total. The zero-order chi connectivity index (χ0) is 21.0. The molecule has 154 valence electrons. The molecule has 4 heteroatoms. The van der Waals surface area contributed by atoms with Gasteiger partial charge in [0.2, 0.25) is 0 Å². The molecule has 0 unspecified atom stereocenters. The lowest BCUT2D eigenvalue weighted by molar-refractivity contribution is 0.289. The smallest absolute Gasteiger partial charge is 0.133 e. The Kier molecular flexibility index (Phi) is 5.90. The number of rotatable bonds is 8. The van der Waals surface area contributed by atoms with E-state index in [1.54, 1.807) is 0 Å². The topological polar surface area (TPSA) is 55.1 Å². The summed E-state index contributed by atoms with van der Waals surface area (Å²) < 4.78 is 12.3. The highest BCUT2D eigenvalue weighted by Gasteiger charge is 2.39. The predicted octanol–water partition coefficient (Wildman–Crippen LogP) is 6.25. The summed E-state index contributed by atoms with van der Waals surface area (Å²) in [6.07, 6.45) is 5.08. The van der Waals surface area contributed by atoms with Crippen LogP contribution in [0, 0.1) is 18.3 Å². The van der Waals surface area contributed by atoms with E-state index in [4.69, 9.17) is 14.5 Å². The van der Waals surface area contributed by atoms with Crippen molar-refractivity contribution in [3.63, 3.8) is 0 Å². The number of ether oxygens (including phenoxy) is 2. The van der Waals surface area contributed by atoms with Gasteiger partial charge >= 0.3 is 0 Å². The second kappa shape index (κ2) is 8.75. The molecule has 0 spiro atoms. The van der Waals surface area contributed by atoms with E-state index >= 15 is 0 Å². The average Bonchev–Trinajstić information content (AvgIpc) is 2.74. The van der Waals surface area contributed by atoms with Crippen LogP contribution in [0.1, 0.15) is 55.8 Å². The summed E-state index contributed by atoms with van der Waals surface area (Å²) in [5.41, 5.74) is 3.54. The van der Waals surface area contributed by atoms with E-state index < -0.39 is 0 Å². The van der Waals surface area contributed by atoms with E-state index in [1.807, 2.05) is 42.5 Å². The highest BCUT2D eigenvalue weighted by atomic mass is 16.5. The number of fused-ring (bicyclic) bond motifs is 1. The molecule has 0 atom stereocenters. The summed E-state index contributed by atoms with van der Waals surface area (Å²) in [7, 11) is 0. The molecule has 0 N–H and O–H groups in total. The molecule has 0 aliphatic heterocycles. The maximum atomic E-state index is 9.63. The maximum Gasteiger partial charge on any atom is 0.133 e. The summed E-state index contributed by atoms with van der Waals surface area (Å²) >= 11 is 0. The van der Waals surface area contributed by atoms with Crippen molar-refractivity contribution in [1.82, 2.24) is 4.98 Å². The standard InChI is InChI=1S/C26H28N2O2/c1-3-4-15-29-25-19(2)24(28-23-12-6-5-11-22(23)25)17-30-21-10-7-9-20(16-21)26(18-27)13-8-14-26/h5-7,9-12,16H,3-4,8,13-15,17H2,1-2H3. The van der Waals surface area contributed by atoms with Crippen molar-refractivity contribution in [2.45, 2.75) is 58.0 Å². The molecule has 1 aliphatic carbocycles. The number of unbranched alkanes of at least 4 members (excludes halogenated alkanes) is 1. The highest BCUT2D eigenvalue weighted by molar-refractivity contribution is 5.86. The third-order valence-electron chi connectivity index (χ3n) is 6.11. The number of nitriles is 1. The Morgan fingerprint density at radius 2 is 1.93 bits per heavy atom. The minimum atomic E-state index is -0.337. The van der Waals surface area contributed by atoms with Gasteiger partial charge in [0.1, 0.15) is 18.1 Å². The molecule has 1 aliphatic rings. The van der Waals surface area contributed by atoms with E-state index in [0.717, 1.165) is 71.3 Å². The fourth-order valence-electron chi connectivity index (χ4n) is 4.00. The molecule has 1 saturated carbocycles. The Morgan fingerprint density at radius 1 is 1.10 bits per heavy atom. The summed E-state index contributed by atoms with van der Waals surface area (Å²) in [4.78, 5) is 4.84. The summed E-state index contributed by atoms with van der Waals surface area (Å²) in [6, 6.07) is 18.6. The molecular formula is C26H28N2O2. The Labute approximate surface area is 178 Å². The number of aromatic nitrogens is 1. The number of hydrogen-bond acceptors (Lipinski definition) is 4. The summed E-state index contributed by atoms with van der Waals surface area (Å²) in [5, 5.41) is 10.7. The van der Waals surface area contributed by atoms with E-state index in [2.05, 4.69) is 26.0 Å². The van der Waals surface area contributed by atoms with Gasteiger partial charge in [-0.15, -0.1) is 0 Å². The van der Waals surface area contributed by atoms with Crippen molar-refractivity contribution < 1.29 is 9.47 Å². The molecule has 1 aromatic heterocycles. The van der Waals surface area contributed by atoms with Gasteiger partial charge in [-0.05, 0) is 62.4 Å². The summed E-state index contributed by atoms with van der Waals surface area (Å²) in [6.45, 7) is 5.27. The fourth-order valence-corrected chi connectivity index (χ4v) is 4.00. The van der Waals surface area contributed by atoms with Gasteiger partial charge in [-0.25, -0.2) is 4.98 Å². The number of para-hydroxylation sites is 1. The van der Waals surface area contributed by atoms with Crippen LogP contribution < -0.4 is 9.47 Å². The first-order chi connectivity index (χ1) is 14.7. The van der Waals surface area contributed by atoms with E-state index in [1.165, 1.54) is 0 Å². The second-order valence-electron chi connectivity index (χ2n) is 8.10. The minimum Gasteiger partial charge on any atom is -0.493 e. The van der Waals surface area contributed by atoms with Crippen molar-refractivity contribution in [2.75, 3.05) is 6.61 Å². The van der Waals surface area contributed by atoms with Crippen molar-refractivity contribution in [3.05, 3.63) is 65.4 Å². The molecule has 30 heavy (non-hydrogen) atoms. The monoisotopic (exact) mass is 400 g/mol. The van der Waals surface area contributed by atoms with Gasteiger partial charge in [-0.3, -0.25) is 0 Å². The molecule has 0 radical (unpaired) electrons. The van der Waals surface area contributed by atoms with Gasteiger partial charge in [0.15, 0.2) is 0 Å². The van der Waals surface area contributed by atoms with Crippen LogP contribution in [0.3, 0.4) is 0 Å². The van der Waals surface area contributed by atoms with Crippen molar-refractivity contribution >= 4 is 10.9 Å². The molecular weight excluding hydrogens is 372 g/mol. The molecule has 0 saturated heterocycles. The third-order valence-corrected chi connectivity index (χ3v) is 6.11. The van der Waals surface area contributed by atoms with Crippen LogP contribution >= 0.6 is 0 Å². The first kappa shape index (κ1) is 20.2. The van der Waals surface area contributed by atoms with Gasteiger partial charge in [0, 0.05) is 10.9 Å².